The third kappa shape index (κ3) is 4.84. The average molecular weight is 376 g/mol. The fourth-order valence-electron chi connectivity index (χ4n) is 2.60. The number of thiocarbonyl (C=S) groups is 1. The summed E-state index contributed by atoms with van der Waals surface area (Å²) in [7, 11) is 0. The first-order valence-corrected chi connectivity index (χ1v) is 9.58. The van der Waals surface area contributed by atoms with Crippen LogP contribution in [0.4, 0.5) is 5.13 Å². The molecule has 0 radical (unpaired) electrons. The summed E-state index contributed by atoms with van der Waals surface area (Å²) in [5, 5.41) is 3.39. The monoisotopic (exact) mass is 375 g/mol. The van der Waals surface area contributed by atoms with E-state index >= 15 is 0 Å². The Morgan fingerprint density at radius 1 is 1.28 bits per heavy atom. The largest absolute Gasteiger partial charge is 0.378 e. The number of thiazole rings is 1. The van der Waals surface area contributed by atoms with Gasteiger partial charge in [-0.3, -0.25) is 10.1 Å². The number of amides is 1. The van der Waals surface area contributed by atoms with E-state index in [1.807, 2.05) is 11.1 Å². The van der Waals surface area contributed by atoms with Crippen molar-refractivity contribution in [2.24, 2.45) is 0 Å². The summed E-state index contributed by atoms with van der Waals surface area (Å²) in [4.78, 5) is 19.9. The van der Waals surface area contributed by atoms with Crippen molar-refractivity contribution >= 4 is 39.6 Å². The molecule has 0 bridgehead atoms. The fourth-order valence-corrected chi connectivity index (χ4v) is 3.68. The molecule has 0 saturated carbocycles. The van der Waals surface area contributed by atoms with Crippen LogP contribution in [0.25, 0.3) is 0 Å². The second kappa shape index (κ2) is 8.51. The number of carbonyl (C=O) groups is 1. The quantitative estimate of drug-likeness (QED) is 0.833. The predicted molar refractivity (Wildman–Crippen MR) is 104 cm³/mol. The number of anilines is 1. The number of carbonyl (C=O) groups excluding carboxylic acids is 1. The molecule has 1 aromatic carbocycles. The Kier molecular flexibility index (Phi) is 6.12. The van der Waals surface area contributed by atoms with E-state index in [9.17, 15) is 4.79 Å². The summed E-state index contributed by atoms with van der Waals surface area (Å²) in [5.41, 5.74) is 2.57. The van der Waals surface area contributed by atoms with Gasteiger partial charge in [0.15, 0.2) is 10.1 Å². The van der Waals surface area contributed by atoms with Crippen LogP contribution in [-0.4, -0.2) is 47.1 Å². The molecule has 25 heavy (non-hydrogen) atoms. The maximum atomic E-state index is 12.3. The van der Waals surface area contributed by atoms with Crippen molar-refractivity contribution in [3.05, 3.63) is 46.5 Å². The Hall–Kier alpha value is -1.83. The lowest BCUT2D eigenvalue weighted by molar-refractivity contribution is -0.111. The zero-order chi connectivity index (χ0) is 17.6. The number of hydrogen-bond acceptors (Lipinski definition) is 5. The second-order valence-electron chi connectivity index (χ2n) is 5.84. The standard InChI is InChI=1S/C18H21N3O2S2/c1-2-13-3-5-14(6-4-13)11-15-12-19-18(25-15)20-16(22)17(24)21-7-9-23-10-8-21/h3-6,12H,2,7-11H2,1H3,(H,19,20,22). The molecule has 1 saturated heterocycles. The number of aromatic nitrogens is 1. The molecule has 0 aliphatic carbocycles. The van der Waals surface area contributed by atoms with Crippen LogP contribution in [0.1, 0.15) is 22.9 Å². The molecule has 0 atom stereocenters. The van der Waals surface area contributed by atoms with Crippen LogP contribution in [0.5, 0.6) is 0 Å². The maximum absolute atomic E-state index is 12.3. The summed E-state index contributed by atoms with van der Waals surface area (Å²) in [6, 6.07) is 8.59. The zero-order valence-corrected chi connectivity index (χ0v) is 15.8. The van der Waals surface area contributed by atoms with Crippen LogP contribution in [0, 0.1) is 0 Å². The molecule has 2 heterocycles. The highest BCUT2D eigenvalue weighted by Crippen LogP contribution is 2.21. The van der Waals surface area contributed by atoms with Gasteiger partial charge in [0.25, 0.3) is 5.91 Å². The van der Waals surface area contributed by atoms with Crippen molar-refractivity contribution in [1.29, 1.82) is 0 Å². The highest BCUT2D eigenvalue weighted by Gasteiger charge is 2.20. The van der Waals surface area contributed by atoms with Gasteiger partial charge in [0.2, 0.25) is 0 Å². The summed E-state index contributed by atoms with van der Waals surface area (Å²) < 4.78 is 5.28. The van der Waals surface area contributed by atoms with Crippen LogP contribution in [0.3, 0.4) is 0 Å². The summed E-state index contributed by atoms with van der Waals surface area (Å²) >= 11 is 6.75. The van der Waals surface area contributed by atoms with E-state index < -0.39 is 0 Å². The van der Waals surface area contributed by atoms with E-state index in [1.165, 1.54) is 22.5 Å². The van der Waals surface area contributed by atoms with Crippen molar-refractivity contribution in [3.63, 3.8) is 0 Å². The smallest absolute Gasteiger partial charge is 0.285 e. The molecule has 2 aromatic rings. The molecule has 0 unspecified atom stereocenters. The molecule has 1 fully saturated rings. The third-order valence-electron chi connectivity index (χ3n) is 4.08. The van der Waals surface area contributed by atoms with E-state index in [2.05, 4.69) is 41.5 Å². The minimum absolute atomic E-state index is 0.273. The minimum atomic E-state index is -0.273. The Morgan fingerprint density at radius 3 is 2.64 bits per heavy atom. The molecule has 132 valence electrons. The number of hydrogen-bond donors (Lipinski definition) is 1. The van der Waals surface area contributed by atoms with Crippen molar-refractivity contribution in [3.8, 4) is 0 Å². The number of ether oxygens (including phenoxy) is 1. The van der Waals surface area contributed by atoms with Crippen LogP contribution in [-0.2, 0) is 22.4 Å². The zero-order valence-electron chi connectivity index (χ0n) is 14.2. The van der Waals surface area contributed by atoms with Crippen molar-refractivity contribution in [1.82, 2.24) is 9.88 Å². The highest BCUT2D eigenvalue weighted by atomic mass is 32.1. The lowest BCUT2D eigenvalue weighted by Crippen LogP contribution is -2.44. The van der Waals surface area contributed by atoms with Gasteiger partial charge in [-0.05, 0) is 17.5 Å². The van der Waals surface area contributed by atoms with Crippen molar-refractivity contribution in [2.75, 3.05) is 31.6 Å². The molecule has 0 spiro atoms. The SMILES string of the molecule is CCc1ccc(Cc2cnc(NC(=O)C(=S)N3CCOCC3)s2)cc1. The topological polar surface area (TPSA) is 54.5 Å². The van der Waals surface area contributed by atoms with E-state index in [4.69, 9.17) is 17.0 Å². The molecule has 1 aromatic heterocycles. The van der Waals surface area contributed by atoms with Crippen LogP contribution in [0.15, 0.2) is 30.5 Å². The molecule has 5 nitrogen and oxygen atoms in total. The van der Waals surface area contributed by atoms with Crippen LogP contribution in [0.2, 0.25) is 0 Å². The number of rotatable bonds is 4. The first kappa shape index (κ1) is 18.0. The third-order valence-corrected chi connectivity index (χ3v) is 5.43. The first-order valence-electron chi connectivity index (χ1n) is 8.36. The average Bonchev–Trinajstić information content (AvgIpc) is 3.09. The number of nitrogens with zero attached hydrogens (tertiary/aromatic N) is 2. The lowest BCUT2D eigenvalue weighted by atomic mass is 10.1. The van der Waals surface area contributed by atoms with Crippen LogP contribution >= 0.6 is 23.6 Å². The van der Waals surface area contributed by atoms with Gasteiger partial charge >= 0.3 is 0 Å². The highest BCUT2D eigenvalue weighted by molar-refractivity contribution is 7.82. The van der Waals surface area contributed by atoms with E-state index in [1.54, 1.807) is 0 Å². The minimum Gasteiger partial charge on any atom is -0.378 e. The molecule has 1 N–H and O–H groups in total. The molecular weight excluding hydrogens is 354 g/mol. The van der Waals surface area contributed by atoms with Gasteiger partial charge in [0.05, 0.1) is 13.2 Å². The second-order valence-corrected chi connectivity index (χ2v) is 7.34. The number of benzene rings is 1. The summed E-state index contributed by atoms with van der Waals surface area (Å²) in [6.45, 7) is 4.66. The normalized spacial score (nSPS) is 14.4. The number of aryl methyl sites for hydroxylation is 1. The molecule has 1 aliphatic rings. The van der Waals surface area contributed by atoms with Crippen LogP contribution < -0.4 is 5.32 Å². The van der Waals surface area contributed by atoms with Gasteiger partial charge in [-0.25, -0.2) is 4.98 Å². The Labute approximate surface area is 157 Å². The van der Waals surface area contributed by atoms with Crippen molar-refractivity contribution < 1.29 is 9.53 Å². The fraction of sp³-hybridized carbons (Fsp3) is 0.389. The van der Waals surface area contributed by atoms with E-state index in [-0.39, 0.29) is 5.91 Å². The maximum Gasteiger partial charge on any atom is 0.285 e. The Morgan fingerprint density at radius 2 is 1.96 bits per heavy atom. The first-order chi connectivity index (χ1) is 12.2. The van der Waals surface area contributed by atoms with Gasteiger partial charge in [-0.2, -0.15) is 0 Å². The number of morpholine rings is 1. The molecular formula is C18H21N3O2S2. The van der Waals surface area contributed by atoms with E-state index in [0.717, 1.165) is 17.7 Å². The predicted octanol–water partition coefficient (Wildman–Crippen LogP) is 2.89. The number of nitrogens with one attached hydrogen (secondary N) is 1. The summed E-state index contributed by atoms with van der Waals surface area (Å²) in [5.74, 6) is -0.273. The van der Waals surface area contributed by atoms with Gasteiger partial charge in [0.1, 0.15) is 0 Å². The van der Waals surface area contributed by atoms with E-state index in [0.29, 0.717) is 36.4 Å². The Balaban J connectivity index is 1.57. The van der Waals surface area contributed by atoms with Crippen molar-refractivity contribution in [2.45, 2.75) is 19.8 Å². The molecule has 7 heteroatoms. The van der Waals surface area contributed by atoms with Gasteiger partial charge < -0.3 is 9.64 Å². The Bertz CT molecular complexity index is 737. The van der Waals surface area contributed by atoms with Gasteiger partial charge in [-0.15, -0.1) is 11.3 Å². The van der Waals surface area contributed by atoms with Gasteiger partial charge in [-0.1, -0.05) is 43.4 Å². The molecule has 3 rings (SSSR count). The molecule has 1 amide bonds. The molecule has 1 aliphatic heterocycles. The summed E-state index contributed by atoms with van der Waals surface area (Å²) in [6.07, 6.45) is 3.66. The lowest BCUT2D eigenvalue weighted by Gasteiger charge is -2.28. The van der Waals surface area contributed by atoms with Gasteiger partial charge in [0, 0.05) is 30.6 Å².